The van der Waals surface area contributed by atoms with E-state index >= 15 is 0 Å². The maximum absolute atomic E-state index is 13.0. The van der Waals surface area contributed by atoms with Crippen molar-refractivity contribution < 1.29 is 9.53 Å². The van der Waals surface area contributed by atoms with Crippen LogP contribution >= 0.6 is 0 Å². The van der Waals surface area contributed by atoms with Crippen LogP contribution in [0.1, 0.15) is 16.1 Å². The van der Waals surface area contributed by atoms with E-state index in [-0.39, 0.29) is 17.2 Å². The predicted molar refractivity (Wildman–Crippen MR) is 115 cm³/mol. The summed E-state index contributed by atoms with van der Waals surface area (Å²) >= 11 is 0. The maximum atomic E-state index is 13.0. The predicted octanol–water partition coefficient (Wildman–Crippen LogP) is 2.26. The van der Waals surface area contributed by atoms with Crippen molar-refractivity contribution in [1.82, 2.24) is 14.7 Å². The molecule has 0 aliphatic carbocycles. The van der Waals surface area contributed by atoms with Gasteiger partial charge in [-0.1, -0.05) is 42.5 Å². The average Bonchev–Trinajstić information content (AvgIpc) is 2.81. The number of amides is 1. The smallest absolute Gasteiger partial charge is 0.274 e. The first-order valence-electron chi connectivity index (χ1n) is 9.95. The summed E-state index contributed by atoms with van der Waals surface area (Å²) in [7, 11) is 1.66. The second-order valence-electron chi connectivity index (χ2n) is 7.15. The van der Waals surface area contributed by atoms with E-state index in [1.54, 1.807) is 12.0 Å². The van der Waals surface area contributed by atoms with E-state index in [0.29, 0.717) is 32.7 Å². The van der Waals surface area contributed by atoms with E-state index in [4.69, 9.17) is 4.74 Å². The Hall–Kier alpha value is -3.61. The number of hydrogen-bond acceptors (Lipinski definition) is 5. The fourth-order valence-corrected chi connectivity index (χ4v) is 3.64. The molecular formula is C23H24N4O3. The second kappa shape index (κ2) is 8.82. The molecule has 0 atom stereocenters. The van der Waals surface area contributed by atoms with Gasteiger partial charge in [-0.2, -0.15) is 5.10 Å². The van der Waals surface area contributed by atoms with E-state index in [9.17, 15) is 9.59 Å². The molecular weight excluding hydrogens is 380 g/mol. The Morgan fingerprint density at radius 1 is 0.933 bits per heavy atom. The molecule has 1 fully saturated rings. The summed E-state index contributed by atoms with van der Waals surface area (Å²) in [5, 5.41) is 4.33. The molecule has 0 radical (unpaired) electrons. The molecule has 7 nitrogen and oxygen atoms in total. The van der Waals surface area contributed by atoms with E-state index in [1.165, 1.54) is 16.8 Å². The van der Waals surface area contributed by atoms with Gasteiger partial charge in [-0.3, -0.25) is 9.59 Å². The van der Waals surface area contributed by atoms with Gasteiger partial charge in [0, 0.05) is 32.2 Å². The molecule has 0 spiro atoms. The Bertz CT molecular complexity index is 1070. The standard InChI is InChI=1S/C23H24N4O3/c1-30-21-10-6-5-9-20(21)25-13-15-26(16-14-25)23(29)19-11-12-22(28)27(24-19)17-18-7-3-2-4-8-18/h2-12H,13-17H2,1H3. The summed E-state index contributed by atoms with van der Waals surface area (Å²) in [6, 6.07) is 20.4. The molecule has 0 unspecified atom stereocenters. The molecule has 30 heavy (non-hydrogen) atoms. The van der Waals surface area contributed by atoms with E-state index in [0.717, 1.165) is 17.0 Å². The van der Waals surface area contributed by atoms with Crippen molar-refractivity contribution in [2.24, 2.45) is 0 Å². The zero-order valence-electron chi connectivity index (χ0n) is 16.9. The molecule has 1 amide bonds. The van der Waals surface area contributed by atoms with Crippen molar-refractivity contribution in [3.8, 4) is 5.75 Å². The highest BCUT2D eigenvalue weighted by molar-refractivity contribution is 5.92. The first-order chi connectivity index (χ1) is 14.7. The molecule has 0 N–H and O–H groups in total. The first kappa shape index (κ1) is 19.7. The normalized spacial score (nSPS) is 13.9. The minimum Gasteiger partial charge on any atom is -0.495 e. The van der Waals surface area contributed by atoms with Crippen LogP contribution in [0, 0.1) is 0 Å². The van der Waals surface area contributed by atoms with Gasteiger partial charge in [0.2, 0.25) is 0 Å². The Morgan fingerprint density at radius 2 is 1.63 bits per heavy atom. The lowest BCUT2D eigenvalue weighted by atomic mass is 10.2. The summed E-state index contributed by atoms with van der Waals surface area (Å²) in [5.74, 6) is 0.670. The molecule has 4 rings (SSSR count). The van der Waals surface area contributed by atoms with Gasteiger partial charge >= 0.3 is 0 Å². The minimum absolute atomic E-state index is 0.156. The number of carbonyl (C=O) groups excluding carboxylic acids is 1. The molecule has 1 aromatic heterocycles. The van der Waals surface area contributed by atoms with Gasteiger partial charge in [-0.05, 0) is 23.8 Å². The summed E-state index contributed by atoms with van der Waals surface area (Å²) in [4.78, 5) is 29.2. The number of carbonyl (C=O) groups is 1. The number of para-hydroxylation sites is 2. The topological polar surface area (TPSA) is 67.7 Å². The van der Waals surface area contributed by atoms with Gasteiger partial charge in [0.25, 0.3) is 11.5 Å². The largest absolute Gasteiger partial charge is 0.495 e. The molecule has 2 aromatic carbocycles. The number of aromatic nitrogens is 2. The summed E-state index contributed by atoms with van der Waals surface area (Å²) in [5.41, 5.74) is 2.05. The highest BCUT2D eigenvalue weighted by atomic mass is 16.5. The third-order valence-electron chi connectivity index (χ3n) is 5.25. The van der Waals surface area contributed by atoms with Crippen LogP contribution in [0.2, 0.25) is 0 Å². The fraction of sp³-hybridized carbons (Fsp3) is 0.261. The van der Waals surface area contributed by atoms with Crippen LogP contribution < -0.4 is 15.2 Å². The van der Waals surface area contributed by atoms with E-state index < -0.39 is 0 Å². The van der Waals surface area contributed by atoms with Crippen LogP contribution in [0.5, 0.6) is 5.75 Å². The van der Waals surface area contributed by atoms with Crippen LogP contribution in [0.4, 0.5) is 5.69 Å². The number of rotatable bonds is 5. The zero-order chi connectivity index (χ0) is 20.9. The lowest BCUT2D eigenvalue weighted by molar-refractivity contribution is 0.0738. The van der Waals surface area contributed by atoms with Crippen molar-refractivity contribution in [2.45, 2.75) is 6.54 Å². The quantitative estimate of drug-likeness (QED) is 0.653. The summed E-state index contributed by atoms with van der Waals surface area (Å²) in [6.07, 6.45) is 0. The minimum atomic E-state index is -0.226. The Labute approximate surface area is 175 Å². The van der Waals surface area contributed by atoms with Gasteiger partial charge < -0.3 is 14.5 Å². The zero-order valence-corrected chi connectivity index (χ0v) is 16.9. The number of methoxy groups -OCH3 is 1. The van der Waals surface area contributed by atoms with Crippen LogP contribution in [0.25, 0.3) is 0 Å². The molecule has 2 heterocycles. The summed E-state index contributed by atoms with van der Waals surface area (Å²) < 4.78 is 6.79. The summed E-state index contributed by atoms with van der Waals surface area (Å²) in [6.45, 7) is 2.90. The van der Waals surface area contributed by atoms with E-state index in [2.05, 4.69) is 10.00 Å². The number of nitrogens with zero attached hydrogens (tertiary/aromatic N) is 4. The highest BCUT2D eigenvalue weighted by Crippen LogP contribution is 2.28. The van der Waals surface area contributed by atoms with Crippen LogP contribution in [0.15, 0.2) is 71.5 Å². The van der Waals surface area contributed by atoms with Gasteiger partial charge in [0.15, 0.2) is 0 Å². The van der Waals surface area contributed by atoms with Gasteiger partial charge in [-0.25, -0.2) is 4.68 Å². The number of hydrogen-bond donors (Lipinski definition) is 0. The van der Waals surface area contributed by atoms with Crippen LogP contribution in [0.3, 0.4) is 0 Å². The monoisotopic (exact) mass is 404 g/mol. The average molecular weight is 404 g/mol. The van der Waals surface area contributed by atoms with Gasteiger partial charge in [-0.15, -0.1) is 0 Å². The molecule has 1 aliphatic rings. The second-order valence-corrected chi connectivity index (χ2v) is 7.15. The van der Waals surface area contributed by atoms with E-state index in [1.807, 2.05) is 54.6 Å². The molecule has 1 aliphatic heterocycles. The number of ether oxygens (including phenoxy) is 1. The Balaban J connectivity index is 1.45. The van der Waals surface area contributed by atoms with Crippen molar-refractivity contribution in [3.05, 3.63) is 88.3 Å². The number of anilines is 1. The van der Waals surface area contributed by atoms with Crippen molar-refractivity contribution >= 4 is 11.6 Å². The molecule has 0 bridgehead atoms. The Morgan fingerprint density at radius 3 is 2.37 bits per heavy atom. The molecule has 3 aromatic rings. The first-order valence-corrected chi connectivity index (χ1v) is 9.95. The number of piperazine rings is 1. The highest BCUT2D eigenvalue weighted by Gasteiger charge is 2.25. The molecule has 1 saturated heterocycles. The van der Waals surface area contributed by atoms with Crippen molar-refractivity contribution in [2.75, 3.05) is 38.2 Å². The van der Waals surface area contributed by atoms with Gasteiger partial charge in [0.1, 0.15) is 11.4 Å². The number of benzene rings is 2. The lowest BCUT2D eigenvalue weighted by Gasteiger charge is -2.36. The van der Waals surface area contributed by atoms with Gasteiger partial charge in [0.05, 0.1) is 19.3 Å². The molecule has 154 valence electrons. The third-order valence-corrected chi connectivity index (χ3v) is 5.25. The van der Waals surface area contributed by atoms with Crippen molar-refractivity contribution in [1.29, 1.82) is 0 Å². The Kier molecular flexibility index (Phi) is 5.79. The maximum Gasteiger partial charge on any atom is 0.274 e. The lowest BCUT2D eigenvalue weighted by Crippen LogP contribution is -2.49. The SMILES string of the molecule is COc1ccccc1N1CCN(C(=O)c2ccc(=O)n(Cc3ccccc3)n2)CC1. The van der Waals surface area contributed by atoms with Crippen LogP contribution in [-0.2, 0) is 6.54 Å². The third kappa shape index (κ3) is 4.20. The molecule has 7 heteroatoms. The van der Waals surface area contributed by atoms with Crippen molar-refractivity contribution in [3.63, 3.8) is 0 Å². The molecule has 0 saturated carbocycles. The fourth-order valence-electron chi connectivity index (χ4n) is 3.64. The van der Waals surface area contributed by atoms with Crippen LogP contribution in [-0.4, -0.2) is 53.9 Å².